The third kappa shape index (κ3) is 2.01. The van der Waals surface area contributed by atoms with Crippen LogP contribution in [0.4, 0.5) is 0 Å². The molecule has 17 heavy (non-hydrogen) atoms. The smallest absolute Gasteiger partial charge is 0.309 e. The Morgan fingerprint density at radius 2 is 1.82 bits per heavy atom. The second-order valence-corrected chi connectivity index (χ2v) is 5.44. The Bertz CT molecular complexity index is 356. The number of carbonyl (C=O) groups excluding carboxylic acids is 1. The third-order valence-electron chi connectivity index (χ3n) is 4.06. The van der Waals surface area contributed by atoms with Gasteiger partial charge in [0.05, 0.1) is 13.0 Å². The van der Waals surface area contributed by atoms with Gasteiger partial charge in [0, 0.05) is 6.42 Å². The molecule has 0 radical (unpaired) electrons. The quantitative estimate of drug-likeness (QED) is 0.711. The second-order valence-electron chi connectivity index (χ2n) is 5.44. The summed E-state index contributed by atoms with van der Waals surface area (Å²) in [6, 6.07) is 0. The molecular formula is C13H20O4. The summed E-state index contributed by atoms with van der Waals surface area (Å²) in [6.07, 6.45) is 0.496. The predicted molar refractivity (Wildman–Crippen MR) is 61.7 cm³/mol. The zero-order valence-corrected chi connectivity index (χ0v) is 11.1. The molecule has 2 unspecified atom stereocenters. The molecule has 2 aliphatic rings. The molecule has 96 valence electrons. The fraction of sp³-hybridized carbons (Fsp3) is 0.769. The molecule has 4 heteroatoms. The first kappa shape index (κ1) is 12.3. The van der Waals surface area contributed by atoms with Crippen molar-refractivity contribution in [1.82, 2.24) is 0 Å². The topological polar surface area (TPSA) is 44.8 Å². The minimum absolute atomic E-state index is 0.00971. The maximum Gasteiger partial charge on any atom is 0.309 e. The Hall–Kier alpha value is -1.19. The maximum absolute atomic E-state index is 11.6. The van der Waals surface area contributed by atoms with E-state index >= 15 is 0 Å². The Morgan fingerprint density at radius 3 is 2.29 bits per heavy atom. The van der Waals surface area contributed by atoms with Gasteiger partial charge in [0.15, 0.2) is 0 Å². The lowest BCUT2D eigenvalue weighted by atomic mass is 10.1. The van der Waals surface area contributed by atoms with Crippen LogP contribution in [0.3, 0.4) is 0 Å². The van der Waals surface area contributed by atoms with Gasteiger partial charge in [0.2, 0.25) is 6.29 Å². The zero-order valence-electron chi connectivity index (χ0n) is 11.1. The first-order chi connectivity index (χ1) is 7.87. The van der Waals surface area contributed by atoms with Crippen LogP contribution in [-0.4, -0.2) is 19.4 Å². The van der Waals surface area contributed by atoms with Gasteiger partial charge in [-0.3, -0.25) is 4.79 Å². The van der Waals surface area contributed by atoms with Crippen molar-refractivity contribution in [3.05, 3.63) is 11.5 Å². The largest absolute Gasteiger partial charge is 0.469 e. The molecule has 0 N–H and O–H groups in total. The van der Waals surface area contributed by atoms with E-state index in [0.29, 0.717) is 0 Å². The number of hydrogen-bond acceptors (Lipinski definition) is 4. The van der Waals surface area contributed by atoms with Crippen molar-refractivity contribution in [3.63, 3.8) is 0 Å². The number of methoxy groups -OCH3 is 1. The average molecular weight is 240 g/mol. The van der Waals surface area contributed by atoms with E-state index in [-0.39, 0.29) is 29.5 Å². The van der Waals surface area contributed by atoms with E-state index in [1.807, 2.05) is 13.8 Å². The lowest BCUT2D eigenvalue weighted by Gasteiger charge is -2.12. The van der Waals surface area contributed by atoms with Crippen molar-refractivity contribution < 1.29 is 19.0 Å². The molecule has 0 spiro atoms. The minimum atomic E-state index is -0.242. The Labute approximate surface area is 102 Å². The van der Waals surface area contributed by atoms with Gasteiger partial charge in [-0.1, -0.05) is 13.8 Å². The lowest BCUT2D eigenvalue weighted by molar-refractivity contribution is -0.143. The number of carbonyl (C=O) groups is 1. The second kappa shape index (κ2) is 3.93. The summed E-state index contributed by atoms with van der Waals surface area (Å²) in [5.41, 5.74) is -0.00971. The minimum Gasteiger partial charge on any atom is -0.469 e. The summed E-state index contributed by atoms with van der Waals surface area (Å²) in [5.74, 6) is 1.80. The van der Waals surface area contributed by atoms with E-state index in [1.165, 1.54) is 7.11 Å². The third-order valence-corrected chi connectivity index (χ3v) is 4.06. The van der Waals surface area contributed by atoms with Gasteiger partial charge in [-0.25, -0.2) is 0 Å². The van der Waals surface area contributed by atoms with Crippen molar-refractivity contribution in [1.29, 1.82) is 0 Å². The molecule has 0 amide bonds. The predicted octanol–water partition coefficient (Wildman–Crippen LogP) is 2.45. The SMILES string of the molecule is COC(=O)C1C(CC2OC(C)=C(C)O2)C1(C)C. The van der Waals surface area contributed by atoms with Crippen LogP contribution in [0.5, 0.6) is 0 Å². The van der Waals surface area contributed by atoms with E-state index in [1.54, 1.807) is 0 Å². The maximum atomic E-state index is 11.6. The summed E-state index contributed by atoms with van der Waals surface area (Å²) in [4.78, 5) is 11.6. The standard InChI is InChI=1S/C13H20O4/c1-7-8(2)17-10(16-7)6-9-11(12(14)15-5)13(9,3)4/h9-11H,6H2,1-5H3. The molecule has 4 nitrogen and oxygen atoms in total. The van der Waals surface area contributed by atoms with Crippen LogP contribution < -0.4 is 0 Å². The fourth-order valence-corrected chi connectivity index (χ4v) is 2.67. The highest BCUT2D eigenvalue weighted by atomic mass is 16.7. The summed E-state index contributed by atoms with van der Waals surface area (Å²) in [7, 11) is 1.44. The van der Waals surface area contributed by atoms with E-state index < -0.39 is 0 Å². The highest BCUT2D eigenvalue weighted by Gasteiger charge is 2.63. The molecule has 2 rings (SSSR count). The van der Waals surface area contributed by atoms with Crippen LogP contribution in [0.25, 0.3) is 0 Å². The van der Waals surface area contributed by atoms with E-state index in [0.717, 1.165) is 17.9 Å². The summed E-state index contributed by atoms with van der Waals surface area (Å²) in [5, 5.41) is 0. The van der Waals surface area contributed by atoms with Crippen molar-refractivity contribution >= 4 is 5.97 Å². The van der Waals surface area contributed by atoms with E-state index in [4.69, 9.17) is 14.2 Å². The lowest BCUT2D eigenvalue weighted by Crippen LogP contribution is -2.12. The van der Waals surface area contributed by atoms with Gasteiger partial charge in [-0.15, -0.1) is 0 Å². The molecule has 0 aromatic rings. The molecule has 1 fully saturated rings. The summed E-state index contributed by atoms with van der Waals surface area (Å²) < 4.78 is 16.0. The van der Waals surface area contributed by atoms with Crippen LogP contribution in [0, 0.1) is 17.3 Å². The number of allylic oxidation sites excluding steroid dienone is 2. The number of hydrogen-bond donors (Lipinski definition) is 0. The molecular weight excluding hydrogens is 220 g/mol. The van der Waals surface area contributed by atoms with Gasteiger partial charge in [0.25, 0.3) is 0 Å². The summed E-state index contributed by atoms with van der Waals surface area (Å²) in [6.45, 7) is 7.96. The van der Waals surface area contributed by atoms with Crippen LogP contribution in [0.15, 0.2) is 11.5 Å². The Morgan fingerprint density at radius 1 is 1.29 bits per heavy atom. The van der Waals surface area contributed by atoms with Gasteiger partial charge < -0.3 is 14.2 Å². The number of esters is 1. The molecule has 1 aliphatic carbocycles. The van der Waals surface area contributed by atoms with Crippen molar-refractivity contribution in [3.8, 4) is 0 Å². The zero-order chi connectivity index (χ0) is 12.8. The van der Waals surface area contributed by atoms with E-state index in [2.05, 4.69) is 13.8 Å². The monoisotopic (exact) mass is 240 g/mol. The van der Waals surface area contributed by atoms with Gasteiger partial charge in [-0.05, 0) is 25.2 Å². The van der Waals surface area contributed by atoms with Crippen LogP contribution in [0.1, 0.15) is 34.1 Å². The molecule has 0 saturated heterocycles. The highest BCUT2D eigenvalue weighted by Crippen LogP contribution is 2.61. The average Bonchev–Trinajstić information content (AvgIpc) is 2.61. The van der Waals surface area contributed by atoms with Crippen molar-refractivity contribution in [2.45, 2.75) is 40.4 Å². The summed E-state index contributed by atoms with van der Waals surface area (Å²) >= 11 is 0. The van der Waals surface area contributed by atoms with Gasteiger partial charge in [-0.2, -0.15) is 0 Å². The van der Waals surface area contributed by atoms with E-state index in [9.17, 15) is 4.79 Å². The number of rotatable bonds is 3. The van der Waals surface area contributed by atoms with Gasteiger partial charge in [0.1, 0.15) is 11.5 Å². The Kier molecular flexibility index (Phi) is 2.84. The molecule has 0 aromatic heterocycles. The molecule has 2 atom stereocenters. The van der Waals surface area contributed by atoms with Crippen molar-refractivity contribution in [2.24, 2.45) is 17.3 Å². The van der Waals surface area contributed by atoms with Crippen LogP contribution >= 0.6 is 0 Å². The molecule has 0 aromatic carbocycles. The normalized spacial score (nSPS) is 30.9. The Balaban J connectivity index is 1.92. The fourth-order valence-electron chi connectivity index (χ4n) is 2.67. The molecule has 1 aliphatic heterocycles. The number of ether oxygens (including phenoxy) is 3. The van der Waals surface area contributed by atoms with Crippen LogP contribution in [-0.2, 0) is 19.0 Å². The highest BCUT2D eigenvalue weighted by molar-refractivity contribution is 5.77. The van der Waals surface area contributed by atoms with Gasteiger partial charge >= 0.3 is 5.97 Å². The molecule has 1 heterocycles. The van der Waals surface area contributed by atoms with Crippen LogP contribution in [0.2, 0.25) is 0 Å². The molecule has 0 bridgehead atoms. The van der Waals surface area contributed by atoms with Crippen molar-refractivity contribution in [2.75, 3.05) is 7.11 Å². The first-order valence-corrected chi connectivity index (χ1v) is 5.96. The molecule has 1 saturated carbocycles. The first-order valence-electron chi connectivity index (χ1n) is 5.96.